The maximum Gasteiger partial charge on any atom is 0.145 e. The van der Waals surface area contributed by atoms with Crippen LogP contribution in [0.25, 0.3) is 28.1 Å². The van der Waals surface area contributed by atoms with Crippen molar-refractivity contribution in [1.29, 1.82) is 0 Å². The highest BCUT2D eigenvalue weighted by Gasteiger charge is 2.15. The summed E-state index contributed by atoms with van der Waals surface area (Å²) in [6.45, 7) is 0. The standard InChI is InChI=1S/C20H15ClN2O/c1-24-17-10-11-18-19(13-17)23(16-9-5-8-15(21)12-16)20(22-18)14-6-3-2-4-7-14/h2-13H,1H3. The van der Waals surface area contributed by atoms with Gasteiger partial charge in [-0.3, -0.25) is 4.57 Å². The molecule has 3 aromatic carbocycles. The van der Waals surface area contributed by atoms with Crippen molar-refractivity contribution < 1.29 is 4.74 Å². The number of benzene rings is 3. The Morgan fingerprint density at radius 3 is 2.50 bits per heavy atom. The summed E-state index contributed by atoms with van der Waals surface area (Å²) < 4.78 is 7.49. The monoisotopic (exact) mass is 334 g/mol. The molecular formula is C20H15ClN2O. The average molecular weight is 335 g/mol. The molecule has 0 aliphatic carbocycles. The van der Waals surface area contributed by atoms with E-state index in [1.54, 1.807) is 7.11 Å². The Balaban J connectivity index is 2.06. The molecule has 4 rings (SSSR count). The van der Waals surface area contributed by atoms with Gasteiger partial charge in [0.1, 0.15) is 11.6 Å². The van der Waals surface area contributed by atoms with E-state index < -0.39 is 0 Å². The van der Waals surface area contributed by atoms with E-state index in [-0.39, 0.29) is 0 Å². The summed E-state index contributed by atoms with van der Waals surface area (Å²) in [6, 6.07) is 23.8. The molecular weight excluding hydrogens is 320 g/mol. The minimum Gasteiger partial charge on any atom is -0.497 e. The molecule has 0 aliphatic rings. The normalized spacial score (nSPS) is 10.9. The number of nitrogens with zero attached hydrogens (tertiary/aromatic N) is 2. The fourth-order valence-electron chi connectivity index (χ4n) is 2.84. The molecule has 1 aromatic heterocycles. The molecule has 0 fully saturated rings. The molecule has 0 N–H and O–H groups in total. The second kappa shape index (κ2) is 6.02. The highest BCUT2D eigenvalue weighted by atomic mass is 35.5. The van der Waals surface area contributed by atoms with Gasteiger partial charge in [0.05, 0.1) is 18.1 Å². The Bertz CT molecular complexity index is 1010. The molecule has 0 aliphatic heterocycles. The van der Waals surface area contributed by atoms with Gasteiger partial charge in [-0.2, -0.15) is 0 Å². The Kier molecular flexibility index (Phi) is 3.71. The first-order valence-corrected chi connectivity index (χ1v) is 8.02. The largest absolute Gasteiger partial charge is 0.497 e. The predicted molar refractivity (Wildman–Crippen MR) is 98.1 cm³/mol. The number of imidazole rings is 1. The van der Waals surface area contributed by atoms with Crippen LogP contribution >= 0.6 is 11.6 Å². The van der Waals surface area contributed by atoms with E-state index in [4.69, 9.17) is 21.3 Å². The Morgan fingerprint density at radius 1 is 0.917 bits per heavy atom. The number of hydrogen-bond donors (Lipinski definition) is 0. The van der Waals surface area contributed by atoms with Gasteiger partial charge in [-0.05, 0) is 30.3 Å². The van der Waals surface area contributed by atoms with E-state index in [1.165, 1.54) is 0 Å². The molecule has 0 saturated carbocycles. The van der Waals surface area contributed by atoms with Crippen LogP contribution in [0.4, 0.5) is 0 Å². The molecule has 0 saturated heterocycles. The Labute approximate surface area is 145 Å². The van der Waals surface area contributed by atoms with Crippen molar-refractivity contribution in [3.63, 3.8) is 0 Å². The number of ether oxygens (including phenoxy) is 1. The molecule has 0 atom stereocenters. The van der Waals surface area contributed by atoms with Crippen LogP contribution in [0.5, 0.6) is 5.75 Å². The van der Waals surface area contributed by atoms with E-state index in [2.05, 4.69) is 16.7 Å². The molecule has 24 heavy (non-hydrogen) atoms. The van der Waals surface area contributed by atoms with Gasteiger partial charge in [0.25, 0.3) is 0 Å². The van der Waals surface area contributed by atoms with Crippen LogP contribution in [0, 0.1) is 0 Å². The van der Waals surface area contributed by atoms with Gasteiger partial charge < -0.3 is 4.74 Å². The first-order valence-electron chi connectivity index (χ1n) is 7.64. The van der Waals surface area contributed by atoms with E-state index >= 15 is 0 Å². The molecule has 0 bridgehead atoms. The zero-order valence-corrected chi connectivity index (χ0v) is 13.9. The minimum absolute atomic E-state index is 0.691. The van der Waals surface area contributed by atoms with Crippen LogP contribution in [0.3, 0.4) is 0 Å². The first-order chi connectivity index (χ1) is 11.8. The first kappa shape index (κ1) is 14.8. The average Bonchev–Trinajstić information content (AvgIpc) is 3.01. The van der Waals surface area contributed by atoms with Gasteiger partial charge in [-0.1, -0.05) is 48.0 Å². The summed E-state index contributed by atoms with van der Waals surface area (Å²) in [5, 5.41) is 0.691. The topological polar surface area (TPSA) is 27.1 Å². The number of aromatic nitrogens is 2. The van der Waals surface area contributed by atoms with Crippen LogP contribution in [0.15, 0.2) is 72.8 Å². The fourth-order valence-corrected chi connectivity index (χ4v) is 3.02. The van der Waals surface area contributed by atoms with Crippen LogP contribution in [-0.4, -0.2) is 16.7 Å². The molecule has 3 nitrogen and oxygen atoms in total. The van der Waals surface area contributed by atoms with Crippen LogP contribution in [0.1, 0.15) is 0 Å². The third-order valence-corrected chi connectivity index (χ3v) is 4.20. The number of hydrogen-bond acceptors (Lipinski definition) is 2. The second-order valence-corrected chi connectivity index (χ2v) is 5.91. The molecule has 0 radical (unpaired) electrons. The highest BCUT2D eigenvalue weighted by molar-refractivity contribution is 6.30. The van der Waals surface area contributed by atoms with Crippen molar-refractivity contribution >= 4 is 22.6 Å². The van der Waals surface area contributed by atoms with Gasteiger partial charge in [-0.25, -0.2) is 4.98 Å². The molecule has 1 heterocycles. The lowest BCUT2D eigenvalue weighted by atomic mass is 10.2. The van der Waals surface area contributed by atoms with E-state index in [0.717, 1.165) is 33.9 Å². The van der Waals surface area contributed by atoms with Crippen molar-refractivity contribution in [3.05, 3.63) is 77.8 Å². The third kappa shape index (κ3) is 2.53. The predicted octanol–water partition coefficient (Wildman–Crippen LogP) is 5.35. The fraction of sp³-hybridized carbons (Fsp3) is 0.0500. The van der Waals surface area contributed by atoms with Crippen molar-refractivity contribution in [2.24, 2.45) is 0 Å². The number of methoxy groups -OCH3 is 1. The SMILES string of the molecule is COc1ccc2nc(-c3ccccc3)n(-c3cccc(Cl)c3)c2c1. The zero-order valence-electron chi connectivity index (χ0n) is 13.1. The second-order valence-electron chi connectivity index (χ2n) is 5.47. The lowest BCUT2D eigenvalue weighted by molar-refractivity contribution is 0.415. The molecule has 0 amide bonds. The van der Waals surface area contributed by atoms with Crippen LogP contribution in [-0.2, 0) is 0 Å². The van der Waals surface area contributed by atoms with Gasteiger partial charge in [0.2, 0.25) is 0 Å². The summed E-state index contributed by atoms with van der Waals surface area (Å²) in [4.78, 5) is 4.83. The number of rotatable bonds is 3. The maximum absolute atomic E-state index is 6.21. The maximum atomic E-state index is 6.21. The lowest BCUT2D eigenvalue weighted by Gasteiger charge is -2.10. The van der Waals surface area contributed by atoms with E-state index in [1.807, 2.05) is 60.7 Å². The summed E-state index contributed by atoms with van der Waals surface area (Å²) in [7, 11) is 1.67. The van der Waals surface area contributed by atoms with Gasteiger partial charge in [-0.15, -0.1) is 0 Å². The Morgan fingerprint density at radius 2 is 1.75 bits per heavy atom. The van der Waals surface area contributed by atoms with Crippen LogP contribution in [0.2, 0.25) is 5.02 Å². The summed E-state index contributed by atoms with van der Waals surface area (Å²) in [6.07, 6.45) is 0. The van der Waals surface area contributed by atoms with Crippen molar-refractivity contribution in [2.75, 3.05) is 7.11 Å². The summed E-state index contributed by atoms with van der Waals surface area (Å²) in [5.74, 6) is 1.67. The molecule has 0 unspecified atom stereocenters. The van der Waals surface area contributed by atoms with E-state index in [0.29, 0.717) is 5.02 Å². The Hall–Kier alpha value is -2.78. The quantitative estimate of drug-likeness (QED) is 0.504. The minimum atomic E-state index is 0.691. The smallest absolute Gasteiger partial charge is 0.145 e. The third-order valence-electron chi connectivity index (χ3n) is 3.96. The molecule has 4 aromatic rings. The number of fused-ring (bicyclic) bond motifs is 1. The highest BCUT2D eigenvalue weighted by Crippen LogP contribution is 2.31. The van der Waals surface area contributed by atoms with Crippen molar-refractivity contribution in [1.82, 2.24) is 9.55 Å². The van der Waals surface area contributed by atoms with Crippen molar-refractivity contribution in [2.45, 2.75) is 0 Å². The molecule has 0 spiro atoms. The lowest BCUT2D eigenvalue weighted by Crippen LogP contribution is -1.97. The summed E-state index contributed by atoms with van der Waals surface area (Å²) >= 11 is 6.21. The molecule has 4 heteroatoms. The van der Waals surface area contributed by atoms with Crippen molar-refractivity contribution in [3.8, 4) is 22.8 Å². The molecule has 118 valence electrons. The van der Waals surface area contributed by atoms with Gasteiger partial charge in [0, 0.05) is 22.3 Å². The van der Waals surface area contributed by atoms with Crippen LogP contribution < -0.4 is 4.74 Å². The van der Waals surface area contributed by atoms with Gasteiger partial charge >= 0.3 is 0 Å². The number of halogens is 1. The summed E-state index contributed by atoms with van der Waals surface area (Å²) in [5.41, 5.74) is 3.91. The van der Waals surface area contributed by atoms with Gasteiger partial charge in [0.15, 0.2) is 0 Å². The zero-order chi connectivity index (χ0) is 16.5. The van der Waals surface area contributed by atoms with E-state index in [9.17, 15) is 0 Å².